The molecule has 0 aliphatic heterocycles. The van der Waals surface area contributed by atoms with Crippen LogP contribution in [0.1, 0.15) is 15.9 Å². The molecule has 6 nitrogen and oxygen atoms in total. The first-order valence-electron chi connectivity index (χ1n) is 9.05. The minimum Gasteiger partial charge on any atom is -0.274 e. The summed E-state index contributed by atoms with van der Waals surface area (Å²) in [5.74, 6) is -0.614. The number of benzene rings is 2. The van der Waals surface area contributed by atoms with Gasteiger partial charge < -0.3 is 0 Å². The molecule has 0 N–H and O–H groups in total. The number of hydrogen-bond donors (Lipinski definition) is 0. The fourth-order valence-corrected chi connectivity index (χ4v) is 3.16. The number of carbonyl (C=O) groups excluding carboxylic acids is 1. The molecule has 7 heteroatoms. The molecule has 1 amide bonds. The van der Waals surface area contributed by atoms with E-state index in [9.17, 15) is 9.18 Å². The molecule has 4 aromatic rings. The zero-order chi connectivity index (χ0) is 20.4. The van der Waals surface area contributed by atoms with Crippen molar-refractivity contribution in [3.8, 4) is 11.3 Å². The van der Waals surface area contributed by atoms with Crippen molar-refractivity contribution >= 4 is 16.9 Å². The lowest BCUT2D eigenvalue weighted by molar-refractivity contribution is -0.0755. The van der Waals surface area contributed by atoms with Crippen LogP contribution in [-0.4, -0.2) is 39.9 Å². The van der Waals surface area contributed by atoms with E-state index in [-0.39, 0.29) is 11.7 Å². The fourth-order valence-electron chi connectivity index (χ4n) is 3.16. The smallest absolute Gasteiger partial charge is 0.274 e. The third kappa shape index (κ3) is 3.72. The minimum absolute atomic E-state index is 0.303. The Hall–Kier alpha value is -3.58. The molecule has 0 saturated carbocycles. The summed E-state index contributed by atoms with van der Waals surface area (Å²) in [6, 6.07) is 17.7. The highest BCUT2D eigenvalue weighted by molar-refractivity contribution is 6.06. The third-order valence-corrected chi connectivity index (χ3v) is 4.69. The highest BCUT2D eigenvalue weighted by Crippen LogP contribution is 2.26. The molecule has 0 spiro atoms. The van der Waals surface area contributed by atoms with Gasteiger partial charge >= 0.3 is 0 Å². The van der Waals surface area contributed by atoms with E-state index in [1.807, 2.05) is 36.4 Å². The maximum atomic E-state index is 13.6. The van der Waals surface area contributed by atoms with Gasteiger partial charge in [-0.05, 0) is 23.8 Å². The lowest BCUT2D eigenvalue weighted by Gasteiger charge is -2.15. The van der Waals surface area contributed by atoms with Gasteiger partial charge in [0.1, 0.15) is 5.82 Å². The van der Waals surface area contributed by atoms with Gasteiger partial charge in [0.25, 0.3) is 5.91 Å². The van der Waals surface area contributed by atoms with Crippen LogP contribution in [0.25, 0.3) is 22.3 Å². The van der Waals surface area contributed by atoms with Crippen LogP contribution in [0.2, 0.25) is 0 Å². The van der Waals surface area contributed by atoms with Crippen molar-refractivity contribution in [2.75, 3.05) is 14.2 Å². The van der Waals surface area contributed by atoms with Gasteiger partial charge in [-0.25, -0.2) is 19.1 Å². The summed E-state index contributed by atoms with van der Waals surface area (Å²) >= 11 is 0. The van der Waals surface area contributed by atoms with E-state index in [0.29, 0.717) is 28.8 Å². The fraction of sp³-hybridized carbons (Fsp3) is 0.136. The number of hydrogen-bond acceptors (Lipinski definition) is 4. The molecule has 0 radical (unpaired) electrons. The van der Waals surface area contributed by atoms with Gasteiger partial charge in [0.2, 0.25) is 0 Å². The zero-order valence-electron chi connectivity index (χ0n) is 16.0. The Morgan fingerprint density at radius 3 is 2.66 bits per heavy atom. The topological polar surface area (TPSA) is 60.2 Å². The lowest BCUT2D eigenvalue weighted by Crippen LogP contribution is -2.25. The molecule has 0 unspecified atom stereocenters. The van der Waals surface area contributed by atoms with Gasteiger partial charge in [-0.15, -0.1) is 0 Å². The second kappa shape index (κ2) is 7.81. The van der Waals surface area contributed by atoms with E-state index >= 15 is 0 Å². The summed E-state index contributed by atoms with van der Waals surface area (Å²) < 4.78 is 15.3. The molecule has 0 aliphatic carbocycles. The number of hydroxylamine groups is 2. The van der Waals surface area contributed by atoms with E-state index in [1.165, 1.54) is 19.2 Å². The SMILES string of the molecule is CON(C)C(=O)c1cc(-c2ccccc2)nc2c1cnn2Cc1cccc(F)c1. The molecule has 0 bridgehead atoms. The molecule has 0 atom stereocenters. The number of fused-ring (bicyclic) bond motifs is 1. The maximum absolute atomic E-state index is 13.6. The molecule has 2 aromatic heterocycles. The second-order valence-electron chi connectivity index (χ2n) is 6.58. The average Bonchev–Trinajstić information content (AvgIpc) is 3.15. The van der Waals surface area contributed by atoms with Crippen LogP contribution in [-0.2, 0) is 11.4 Å². The predicted molar refractivity (Wildman–Crippen MR) is 108 cm³/mol. The van der Waals surface area contributed by atoms with Crippen LogP contribution >= 0.6 is 0 Å². The number of aromatic nitrogens is 3. The number of nitrogens with zero attached hydrogens (tertiary/aromatic N) is 4. The summed E-state index contributed by atoms with van der Waals surface area (Å²) in [4.78, 5) is 22.7. The van der Waals surface area contributed by atoms with E-state index < -0.39 is 0 Å². The number of amides is 1. The summed E-state index contributed by atoms with van der Waals surface area (Å²) in [5.41, 5.74) is 3.25. The molecule has 0 fully saturated rings. The number of halogens is 1. The van der Waals surface area contributed by atoms with Crippen LogP contribution in [0.5, 0.6) is 0 Å². The van der Waals surface area contributed by atoms with Crippen LogP contribution in [0.15, 0.2) is 66.9 Å². The summed E-state index contributed by atoms with van der Waals surface area (Å²) in [6.45, 7) is 0.334. The Morgan fingerprint density at radius 1 is 1.14 bits per heavy atom. The molecule has 2 aromatic carbocycles. The summed E-state index contributed by atoms with van der Waals surface area (Å²) in [6.07, 6.45) is 1.60. The third-order valence-electron chi connectivity index (χ3n) is 4.69. The van der Waals surface area contributed by atoms with Gasteiger partial charge in [-0.3, -0.25) is 9.63 Å². The molecule has 29 heavy (non-hydrogen) atoms. The largest absolute Gasteiger partial charge is 0.278 e. The second-order valence-corrected chi connectivity index (χ2v) is 6.58. The number of pyridine rings is 1. The van der Waals surface area contributed by atoms with Gasteiger partial charge in [0.05, 0.1) is 36.5 Å². The van der Waals surface area contributed by atoms with Crippen LogP contribution in [0.3, 0.4) is 0 Å². The van der Waals surface area contributed by atoms with E-state index in [2.05, 4.69) is 5.10 Å². The van der Waals surface area contributed by atoms with Gasteiger partial charge in [-0.1, -0.05) is 42.5 Å². The van der Waals surface area contributed by atoms with Crippen molar-refractivity contribution in [3.63, 3.8) is 0 Å². The Labute approximate surface area is 167 Å². The minimum atomic E-state index is -0.311. The predicted octanol–water partition coefficient (Wildman–Crippen LogP) is 3.92. The lowest BCUT2D eigenvalue weighted by atomic mass is 10.1. The highest BCUT2D eigenvalue weighted by atomic mass is 19.1. The number of rotatable bonds is 5. The van der Waals surface area contributed by atoms with Gasteiger partial charge in [0, 0.05) is 12.6 Å². The Kier molecular flexibility index (Phi) is 5.05. The van der Waals surface area contributed by atoms with Crippen molar-refractivity contribution < 1.29 is 14.0 Å². The van der Waals surface area contributed by atoms with E-state index in [0.717, 1.165) is 16.2 Å². The monoisotopic (exact) mass is 390 g/mol. The first-order chi connectivity index (χ1) is 14.1. The molecule has 4 rings (SSSR count). The molecule has 0 aliphatic rings. The first-order valence-corrected chi connectivity index (χ1v) is 9.05. The average molecular weight is 390 g/mol. The quantitative estimate of drug-likeness (QED) is 0.485. The maximum Gasteiger partial charge on any atom is 0.278 e. The molecular formula is C22H19FN4O2. The molecule has 0 saturated heterocycles. The highest BCUT2D eigenvalue weighted by Gasteiger charge is 2.20. The van der Waals surface area contributed by atoms with Crippen LogP contribution < -0.4 is 0 Å². The summed E-state index contributed by atoms with van der Waals surface area (Å²) in [7, 11) is 2.98. The van der Waals surface area contributed by atoms with Crippen LogP contribution in [0.4, 0.5) is 4.39 Å². The van der Waals surface area contributed by atoms with E-state index in [1.54, 1.807) is 30.1 Å². The van der Waals surface area contributed by atoms with Crippen molar-refractivity contribution in [2.45, 2.75) is 6.54 Å². The Balaban J connectivity index is 1.88. The van der Waals surface area contributed by atoms with Crippen molar-refractivity contribution in [3.05, 3.63) is 83.8 Å². The van der Waals surface area contributed by atoms with E-state index in [4.69, 9.17) is 9.82 Å². The number of carbonyl (C=O) groups is 1. The molecular weight excluding hydrogens is 371 g/mol. The van der Waals surface area contributed by atoms with Crippen LogP contribution in [0, 0.1) is 5.82 Å². The Bertz CT molecular complexity index is 1170. The van der Waals surface area contributed by atoms with Crippen molar-refractivity contribution in [1.29, 1.82) is 0 Å². The zero-order valence-corrected chi connectivity index (χ0v) is 16.0. The first kappa shape index (κ1) is 18.8. The van der Waals surface area contributed by atoms with Crippen molar-refractivity contribution in [2.24, 2.45) is 0 Å². The normalized spacial score (nSPS) is 11.0. The Morgan fingerprint density at radius 2 is 1.93 bits per heavy atom. The molecule has 146 valence electrons. The molecule has 2 heterocycles. The summed E-state index contributed by atoms with van der Waals surface area (Å²) in [5, 5.41) is 6.17. The van der Waals surface area contributed by atoms with Crippen molar-refractivity contribution in [1.82, 2.24) is 19.8 Å². The van der Waals surface area contributed by atoms with Gasteiger partial charge in [0.15, 0.2) is 5.65 Å². The van der Waals surface area contributed by atoms with Gasteiger partial charge in [-0.2, -0.15) is 5.10 Å². The standard InChI is InChI=1S/C22H19FN4O2/c1-26(29-2)22(28)18-12-20(16-8-4-3-5-9-16)25-21-19(18)13-24-27(21)14-15-7-6-10-17(23)11-15/h3-13H,14H2,1-2H3.